The number of hydrogen-bond acceptors (Lipinski definition) is 4. The fourth-order valence-electron chi connectivity index (χ4n) is 2.48. The summed E-state index contributed by atoms with van der Waals surface area (Å²) in [5.41, 5.74) is 0.623. The zero-order valence-electron chi connectivity index (χ0n) is 15.2. The van der Waals surface area contributed by atoms with E-state index in [0.29, 0.717) is 22.4 Å². The number of rotatable bonds is 5. The van der Waals surface area contributed by atoms with Gasteiger partial charge < -0.3 is 5.32 Å². The molecule has 0 spiro atoms. The van der Waals surface area contributed by atoms with Crippen LogP contribution in [0.1, 0.15) is 60.8 Å². The number of H-pyrrole nitrogens is 1. The van der Waals surface area contributed by atoms with Gasteiger partial charge in [-0.1, -0.05) is 27.2 Å². The molecule has 128 valence electrons. The van der Waals surface area contributed by atoms with Crippen LogP contribution in [0.25, 0.3) is 11.0 Å². The Balaban J connectivity index is 2.09. The van der Waals surface area contributed by atoms with Crippen molar-refractivity contribution in [2.24, 2.45) is 5.41 Å². The van der Waals surface area contributed by atoms with Crippen LogP contribution >= 0.6 is 0 Å². The molecule has 0 aliphatic carbocycles. The molecule has 0 unspecified atom stereocenters. The molecule has 0 saturated carbocycles. The fraction of sp³-hybridized carbons (Fsp3) is 0.706. The predicted octanol–water partition coefficient (Wildman–Crippen LogP) is 3.50. The number of anilines is 1. The lowest BCUT2D eigenvalue weighted by Gasteiger charge is -2.20. The standard InChI is InChI=1S/C17H29N5O/c1-16(2,3)9-7-8-10-18-15-20-13-12(14(23)21-15)11-19-22(13)17(4,5)6/h11H,7-10H2,1-6H3,(H2,18,20,21,23). The molecule has 2 heterocycles. The highest BCUT2D eigenvalue weighted by Gasteiger charge is 2.19. The normalized spacial score (nSPS) is 12.8. The van der Waals surface area contributed by atoms with Crippen molar-refractivity contribution in [1.29, 1.82) is 0 Å². The number of nitrogens with one attached hydrogen (secondary N) is 2. The van der Waals surface area contributed by atoms with Crippen LogP contribution in [0.15, 0.2) is 11.0 Å². The second-order valence-corrected chi connectivity index (χ2v) is 8.32. The summed E-state index contributed by atoms with van der Waals surface area (Å²) in [6, 6.07) is 0. The van der Waals surface area contributed by atoms with Gasteiger partial charge >= 0.3 is 0 Å². The Labute approximate surface area is 137 Å². The first-order valence-corrected chi connectivity index (χ1v) is 8.30. The van der Waals surface area contributed by atoms with Gasteiger partial charge in [-0.2, -0.15) is 10.1 Å². The van der Waals surface area contributed by atoms with Gasteiger partial charge in [0, 0.05) is 6.54 Å². The minimum Gasteiger partial charge on any atom is -0.356 e. The van der Waals surface area contributed by atoms with Crippen molar-refractivity contribution < 1.29 is 0 Å². The summed E-state index contributed by atoms with van der Waals surface area (Å²) in [6.45, 7) is 13.7. The number of fused-ring (bicyclic) bond motifs is 1. The van der Waals surface area contributed by atoms with Crippen LogP contribution in [0, 0.1) is 5.41 Å². The van der Waals surface area contributed by atoms with Gasteiger partial charge in [-0.3, -0.25) is 9.78 Å². The Morgan fingerprint density at radius 3 is 2.48 bits per heavy atom. The smallest absolute Gasteiger partial charge is 0.263 e. The van der Waals surface area contributed by atoms with Crippen molar-refractivity contribution in [3.05, 3.63) is 16.6 Å². The minimum absolute atomic E-state index is 0.150. The Hall–Kier alpha value is -1.85. The number of nitrogens with zero attached hydrogens (tertiary/aromatic N) is 3. The molecule has 0 saturated heterocycles. The third kappa shape index (κ3) is 4.56. The molecule has 0 aromatic carbocycles. The molecule has 0 radical (unpaired) electrons. The molecular formula is C17H29N5O. The summed E-state index contributed by atoms with van der Waals surface area (Å²) in [7, 11) is 0. The maximum atomic E-state index is 12.2. The molecular weight excluding hydrogens is 290 g/mol. The first kappa shape index (κ1) is 17.5. The van der Waals surface area contributed by atoms with E-state index < -0.39 is 0 Å². The van der Waals surface area contributed by atoms with E-state index in [9.17, 15) is 4.79 Å². The van der Waals surface area contributed by atoms with Gasteiger partial charge in [0.15, 0.2) is 5.65 Å². The van der Waals surface area contributed by atoms with E-state index in [4.69, 9.17) is 0 Å². The Bertz CT molecular complexity index is 715. The molecule has 0 aliphatic rings. The van der Waals surface area contributed by atoms with Crippen molar-refractivity contribution in [2.45, 2.75) is 66.3 Å². The zero-order valence-corrected chi connectivity index (χ0v) is 15.2. The van der Waals surface area contributed by atoms with E-state index in [2.05, 4.69) is 41.2 Å². The summed E-state index contributed by atoms with van der Waals surface area (Å²) < 4.78 is 1.79. The van der Waals surface area contributed by atoms with E-state index in [0.717, 1.165) is 19.4 Å². The third-order valence-corrected chi connectivity index (χ3v) is 3.72. The van der Waals surface area contributed by atoms with E-state index in [1.165, 1.54) is 6.42 Å². The van der Waals surface area contributed by atoms with Crippen molar-refractivity contribution in [2.75, 3.05) is 11.9 Å². The Morgan fingerprint density at radius 1 is 1.17 bits per heavy atom. The van der Waals surface area contributed by atoms with Crippen molar-refractivity contribution >= 4 is 17.0 Å². The van der Waals surface area contributed by atoms with Crippen LogP contribution in [0.5, 0.6) is 0 Å². The number of unbranched alkanes of at least 4 members (excludes halogenated alkanes) is 1. The molecule has 0 bridgehead atoms. The molecule has 2 N–H and O–H groups in total. The van der Waals surface area contributed by atoms with Gasteiger partial charge in [-0.25, -0.2) is 4.68 Å². The maximum Gasteiger partial charge on any atom is 0.263 e. The van der Waals surface area contributed by atoms with Crippen molar-refractivity contribution in [3.8, 4) is 0 Å². The van der Waals surface area contributed by atoms with Gasteiger partial charge in [0.2, 0.25) is 5.95 Å². The third-order valence-electron chi connectivity index (χ3n) is 3.72. The van der Waals surface area contributed by atoms with E-state index in [-0.39, 0.29) is 11.1 Å². The van der Waals surface area contributed by atoms with Crippen LogP contribution in [0.3, 0.4) is 0 Å². The number of aromatic amines is 1. The minimum atomic E-state index is -0.216. The second kappa shape index (κ2) is 6.34. The molecule has 23 heavy (non-hydrogen) atoms. The monoisotopic (exact) mass is 319 g/mol. The number of aromatic nitrogens is 4. The highest BCUT2D eigenvalue weighted by molar-refractivity contribution is 5.74. The maximum absolute atomic E-state index is 12.2. The highest BCUT2D eigenvalue weighted by Crippen LogP contribution is 2.21. The Morgan fingerprint density at radius 2 is 1.87 bits per heavy atom. The fourth-order valence-corrected chi connectivity index (χ4v) is 2.48. The topological polar surface area (TPSA) is 75.6 Å². The van der Waals surface area contributed by atoms with Gasteiger partial charge in [0.05, 0.1) is 11.7 Å². The summed E-state index contributed by atoms with van der Waals surface area (Å²) in [6.07, 6.45) is 4.98. The molecule has 6 nitrogen and oxygen atoms in total. The first-order valence-electron chi connectivity index (χ1n) is 8.30. The lowest BCUT2D eigenvalue weighted by molar-refractivity contribution is 0.362. The Kier molecular flexibility index (Phi) is 4.82. The van der Waals surface area contributed by atoms with E-state index in [1.807, 2.05) is 20.8 Å². The van der Waals surface area contributed by atoms with Crippen LogP contribution in [0.2, 0.25) is 0 Å². The van der Waals surface area contributed by atoms with Crippen LogP contribution in [0.4, 0.5) is 5.95 Å². The van der Waals surface area contributed by atoms with Crippen LogP contribution in [-0.4, -0.2) is 26.3 Å². The van der Waals surface area contributed by atoms with Gasteiger partial charge in [0.25, 0.3) is 5.56 Å². The lowest BCUT2D eigenvalue weighted by atomic mass is 9.90. The molecule has 0 atom stereocenters. The van der Waals surface area contributed by atoms with Crippen LogP contribution < -0.4 is 10.9 Å². The van der Waals surface area contributed by atoms with Gasteiger partial charge in [0.1, 0.15) is 5.39 Å². The summed E-state index contributed by atoms with van der Waals surface area (Å²) in [5.74, 6) is 0.518. The second-order valence-electron chi connectivity index (χ2n) is 8.32. The molecule has 0 aliphatic heterocycles. The van der Waals surface area contributed by atoms with Gasteiger partial charge in [-0.05, 0) is 39.0 Å². The number of hydrogen-bond donors (Lipinski definition) is 2. The largest absolute Gasteiger partial charge is 0.356 e. The molecule has 6 heteroatoms. The average molecular weight is 319 g/mol. The van der Waals surface area contributed by atoms with Crippen molar-refractivity contribution in [1.82, 2.24) is 19.7 Å². The zero-order chi connectivity index (χ0) is 17.3. The molecule has 2 rings (SSSR count). The molecule has 0 amide bonds. The van der Waals surface area contributed by atoms with Gasteiger partial charge in [-0.15, -0.1) is 0 Å². The van der Waals surface area contributed by atoms with Crippen LogP contribution in [-0.2, 0) is 5.54 Å². The highest BCUT2D eigenvalue weighted by atomic mass is 16.1. The summed E-state index contributed by atoms with van der Waals surface area (Å²) in [5, 5.41) is 8.06. The SMILES string of the molecule is CC(C)(C)CCCCNc1nc2c(cnn2C(C)(C)C)c(=O)[nH]1. The molecule has 2 aromatic heterocycles. The van der Waals surface area contributed by atoms with E-state index in [1.54, 1.807) is 10.9 Å². The molecule has 2 aromatic rings. The predicted molar refractivity (Wildman–Crippen MR) is 94.9 cm³/mol. The van der Waals surface area contributed by atoms with Crippen molar-refractivity contribution in [3.63, 3.8) is 0 Å². The quantitative estimate of drug-likeness (QED) is 0.827. The summed E-state index contributed by atoms with van der Waals surface area (Å²) in [4.78, 5) is 19.5. The molecule has 0 fully saturated rings. The van der Waals surface area contributed by atoms with E-state index >= 15 is 0 Å². The lowest BCUT2D eigenvalue weighted by Crippen LogP contribution is -2.24. The average Bonchev–Trinajstić information content (AvgIpc) is 2.81. The summed E-state index contributed by atoms with van der Waals surface area (Å²) >= 11 is 0. The first-order chi connectivity index (χ1) is 10.6.